The molecule has 0 fully saturated rings. The molecule has 0 aromatic heterocycles. The van der Waals surface area contributed by atoms with Gasteiger partial charge in [-0.1, -0.05) is 38.3 Å². The van der Waals surface area contributed by atoms with Gasteiger partial charge in [-0.2, -0.15) is 0 Å². The summed E-state index contributed by atoms with van der Waals surface area (Å²) in [5.74, 6) is -0.277. The average molecular weight is 263 g/mol. The van der Waals surface area contributed by atoms with Crippen molar-refractivity contribution >= 4 is 5.97 Å². The summed E-state index contributed by atoms with van der Waals surface area (Å²) >= 11 is 0. The van der Waals surface area contributed by atoms with E-state index >= 15 is 0 Å². The molecule has 0 saturated heterocycles. The van der Waals surface area contributed by atoms with Gasteiger partial charge in [0.15, 0.2) is 0 Å². The molecule has 0 spiro atoms. The average Bonchev–Trinajstić information content (AvgIpc) is 2.38. The van der Waals surface area contributed by atoms with Gasteiger partial charge in [-0.25, -0.2) is 4.79 Å². The molecule has 0 bridgehead atoms. The smallest absolute Gasteiger partial charge is 0.338 e. The molecule has 0 aliphatic rings. The van der Waals surface area contributed by atoms with Crippen LogP contribution in [0.2, 0.25) is 0 Å². The number of carbonyl (C=O) groups is 1. The monoisotopic (exact) mass is 263 g/mol. The second-order valence-electron chi connectivity index (χ2n) is 5.18. The summed E-state index contributed by atoms with van der Waals surface area (Å²) < 4.78 is 5.15. The lowest BCUT2D eigenvalue weighted by molar-refractivity contribution is 0.0378. The van der Waals surface area contributed by atoms with Gasteiger partial charge in [0.05, 0.1) is 11.7 Å². The van der Waals surface area contributed by atoms with E-state index in [4.69, 9.17) is 10.5 Å². The van der Waals surface area contributed by atoms with Crippen molar-refractivity contribution in [3.8, 4) is 0 Å². The third-order valence-electron chi connectivity index (χ3n) is 3.04. The molecule has 1 aromatic rings. The van der Waals surface area contributed by atoms with Crippen molar-refractivity contribution in [2.45, 2.75) is 58.6 Å². The van der Waals surface area contributed by atoms with Crippen LogP contribution in [0, 0.1) is 0 Å². The minimum atomic E-state index is -0.277. The first-order valence-corrected chi connectivity index (χ1v) is 7.11. The maximum absolute atomic E-state index is 11.7. The fraction of sp³-hybridized carbons (Fsp3) is 0.562. The van der Waals surface area contributed by atoms with E-state index in [0.717, 1.165) is 18.4 Å². The maximum Gasteiger partial charge on any atom is 0.338 e. The van der Waals surface area contributed by atoms with E-state index in [1.54, 1.807) is 12.1 Å². The Labute approximate surface area is 116 Å². The molecule has 0 aliphatic carbocycles. The van der Waals surface area contributed by atoms with E-state index in [9.17, 15) is 4.79 Å². The number of nitrogens with two attached hydrogens (primary N) is 1. The molecule has 0 unspecified atom stereocenters. The number of unbranched alkanes of at least 4 members (excludes halogenated alkanes) is 2. The zero-order valence-corrected chi connectivity index (χ0v) is 12.2. The van der Waals surface area contributed by atoms with Crippen LogP contribution in [0.4, 0.5) is 0 Å². The van der Waals surface area contributed by atoms with Crippen molar-refractivity contribution in [2.75, 3.05) is 0 Å². The first-order valence-electron chi connectivity index (χ1n) is 7.11. The van der Waals surface area contributed by atoms with Gasteiger partial charge in [-0.3, -0.25) is 0 Å². The molecular formula is C16H25NO2. The fourth-order valence-electron chi connectivity index (χ4n) is 1.93. The van der Waals surface area contributed by atoms with Crippen LogP contribution >= 0.6 is 0 Å². The summed E-state index contributed by atoms with van der Waals surface area (Å²) in [7, 11) is 0. The highest BCUT2D eigenvalue weighted by Crippen LogP contribution is 2.18. The van der Waals surface area contributed by atoms with Crippen LogP contribution in [0.5, 0.6) is 0 Å². The number of rotatable bonds is 7. The van der Waals surface area contributed by atoms with Crippen molar-refractivity contribution < 1.29 is 9.53 Å². The molecule has 2 N–H and O–H groups in total. The van der Waals surface area contributed by atoms with Crippen LogP contribution in [0.1, 0.15) is 68.4 Å². The lowest BCUT2D eigenvalue weighted by Gasteiger charge is -2.13. The number of carbonyl (C=O) groups excluding carboxylic acids is 1. The van der Waals surface area contributed by atoms with Crippen LogP contribution in [0.15, 0.2) is 24.3 Å². The largest absolute Gasteiger partial charge is 0.459 e. The van der Waals surface area contributed by atoms with Gasteiger partial charge in [-0.05, 0) is 38.0 Å². The maximum atomic E-state index is 11.7. The number of ether oxygens (including phenoxy) is 1. The van der Waals surface area contributed by atoms with E-state index in [2.05, 4.69) is 6.92 Å². The Kier molecular flexibility index (Phi) is 6.57. The van der Waals surface area contributed by atoms with E-state index < -0.39 is 0 Å². The molecule has 0 aliphatic heterocycles. The third-order valence-corrected chi connectivity index (χ3v) is 3.04. The number of hydrogen-bond acceptors (Lipinski definition) is 3. The normalized spacial score (nSPS) is 12.5. The summed E-state index contributed by atoms with van der Waals surface area (Å²) in [6.45, 7) is 5.87. The van der Waals surface area contributed by atoms with Crippen LogP contribution in [-0.2, 0) is 4.74 Å². The lowest BCUT2D eigenvalue weighted by atomic mass is 10.0. The SMILES string of the molecule is CCCCC[C@@H](N)c1ccc(C(=O)OC(C)C)cc1. The highest BCUT2D eigenvalue weighted by molar-refractivity contribution is 5.89. The highest BCUT2D eigenvalue weighted by atomic mass is 16.5. The molecule has 0 saturated carbocycles. The first-order chi connectivity index (χ1) is 9.04. The highest BCUT2D eigenvalue weighted by Gasteiger charge is 2.10. The van der Waals surface area contributed by atoms with E-state index in [1.165, 1.54) is 12.8 Å². The minimum absolute atomic E-state index is 0.0571. The van der Waals surface area contributed by atoms with Crippen LogP contribution in [0.3, 0.4) is 0 Å². The predicted octanol–water partition coefficient (Wildman–Crippen LogP) is 3.83. The third kappa shape index (κ3) is 5.43. The summed E-state index contributed by atoms with van der Waals surface area (Å²) in [5.41, 5.74) is 7.79. The quantitative estimate of drug-likeness (QED) is 0.601. The van der Waals surface area contributed by atoms with E-state index in [0.29, 0.717) is 5.56 Å². The second-order valence-corrected chi connectivity index (χ2v) is 5.18. The number of esters is 1. The molecular weight excluding hydrogens is 238 g/mol. The molecule has 3 heteroatoms. The summed E-state index contributed by atoms with van der Waals surface area (Å²) in [6, 6.07) is 7.49. The molecule has 1 atom stereocenters. The topological polar surface area (TPSA) is 52.3 Å². The van der Waals surface area contributed by atoms with Crippen molar-refractivity contribution in [3.05, 3.63) is 35.4 Å². The Morgan fingerprint density at radius 2 is 1.84 bits per heavy atom. The predicted molar refractivity (Wildman–Crippen MR) is 78.1 cm³/mol. The van der Waals surface area contributed by atoms with Gasteiger partial charge in [0.25, 0.3) is 0 Å². The summed E-state index contributed by atoms with van der Waals surface area (Å²) in [5, 5.41) is 0. The fourth-order valence-corrected chi connectivity index (χ4v) is 1.93. The number of benzene rings is 1. The lowest BCUT2D eigenvalue weighted by Crippen LogP contribution is -2.13. The van der Waals surface area contributed by atoms with Crippen molar-refractivity contribution in [1.82, 2.24) is 0 Å². The van der Waals surface area contributed by atoms with Gasteiger partial charge in [0, 0.05) is 6.04 Å². The Bertz CT molecular complexity index is 384. The van der Waals surface area contributed by atoms with Crippen LogP contribution in [0.25, 0.3) is 0 Å². The van der Waals surface area contributed by atoms with Crippen LogP contribution < -0.4 is 5.73 Å². The Hall–Kier alpha value is -1.35. The first kappa shape index (κ1) is 15.7. The van der Waals surface area contributed by atoms with E-state index in [-0.39, 0.29) is 18.1 Å². The molecule has 1 rings (SSSR count). The van der Waals surface area contributed by atoms with Gasteiger partial charge in [0.1, 0.15) is 0 Å². The van der Waals surface area contributed by atoms with Gasteiger partial charge >= 0.3 is 5.97 Å². The Balaban J connectivity index is 2.57. The summed E-state index contributed by atoms with van der Waals surface area (Å²) in [6.07, 6.45) is 4.46. The molecule has 19 heavy (non-hydrogen) atoms. The number of hydrogen-bond donors (Lipinski definition) is 1. The molecule has 0 heterocycles. The van der Waals surface area contributed by atoms with Crippen LogP contribution in [-0.4, -0.2) is 12.1 Å². The molecule has 0 radical (unpaired) electrons. The standard InChI is InChI=1S/C16H25NO2/c1-4-5-6-7-15(17)13-8-10-14(11-9-13)16(18)19-12(2)3/h8-12,15H,4-7,17H2,1-3H3/t15-/m1/s1. The molecule has 1 aromatic carbocycles. The van der Waals surface area contributed by atoms with Crippen molar-refractivity contribution in [1.29, 1.82) is 0 Å². The Morgan fingerprint density at radius 3 is 2.37 bits per heavy atom. The van der Waals surface area contributed by atoms with Crippen molar-refractivity contribution in [2.24, 2.45) is 5.73 Å². The molecule has 106 valence electrons. The zero-order chi connectivity index (χ0) is 14.3. The zero-order valence-electron chi connectivity index (χ0n) is 12.2. The summed E-state index contributed by atoms with van der Waals surface area (Å²) in [4.78, 5) is 11.7. The van der Waals surface area contributed by atoms with Gasteiger partial charge < -0.3 is 10.5 Å². The van der Waals surface area contributed by atoms with Crippen molar-refractivity contribution in [3.63, 3.8) is 0 Å². The van der Waals surface area contributed by atoms with Gasteiger partial charge in [0.2, 0.25) is 0 Å². The molecule has 0 amide bonds. The Morgan fingerprint density at radius 1 is 1.21 bits per heavy atom. The van der Waals surface area contributed by atoms with Gasteiger partial charge in [-0.15, -0.1) is 0 Å². The minimum Gasteiger partial charge on any atom is -0.459 e. The van der Waals surface area contributed by atoms with E-state index in [1.807, 2.05) is 26.0 Å². The molecule has 3 nitrogen and oxygen atoms in total. The second kappa shape index (κ2) is 7.95.